The second kappa shape index (κ2) is 4.91. The number of H-pyrrole nitrogens is 1. The van der Waals surface area contributed by atoms with Gasteiger partial charge in [0.1, 0.15) is 4.90 Å². The fraction of sp³-hybridized carbons (Fsp3) is 0.600. The molecular formula is C10H17N3O5S. The van der Waals surface area contributed by atoms with Gasteiger partial charge in [-0.3, -0.25) is 5.10 Å². The molecule has 0 saturated heterocycles. The molecule has 0 saturated carbocycles. The molecule has 0 fully saturated rings. The Hall–Kier alpha value is -1.45. The van der Waals surface area contributed by atoms with Gasteiger partial charge in [-0.1, -0.05) is 0 Å². The summed E-state index contributed by atoms with van der Waals surface area (Å²) < 4.78 is 25.5. The number of aromatic amines is 1. The van der Waals surface area contributed by atoms with E-state index in [0.717, 1.165) is 4.31 Å². The number of nitrogens with zero attached hydrogens (tertiary/aromatic N) is 2. The van der Waals surface area contributed by atoms with E-state index in [4.69, 9.17) is 5.11 Å². The number of rotatable bonds is 5. The Kier molecular flexibility index (Phi) is 4.03. The van der Waals surface area contributed by atoms with E-state index in [0.29, 0.717) is 0 Å². The zero-order chi connectivity index (χ0) is 15.0. The van der Waals surface area contributed by atoms with Gasteiger partial charge in [-0.15, -0.1) is 0 Å². The van der Waals surface area contributed by atoms with Crippen LogP contribution in [0.4, 0.5) is 0 Å². The number of hydrogen-bond acceptors (Lipinski definition) is 5. The second-order valence-corrected chi connectivity index (χ2v) is 6.89. The lowest BCUT2D eigenvalue weighted by molar-refractivity contribution is 0.0639. The molecule has 108 valence electrons. The maximum atomic E-state index is 12.3. The molecule has 1 aromatic heterocycles. The Morgan fingerprint density at radius 3 is 2.42 bits per heavy atom. The number of sulfonamides is 1. The Bertz CT molecular complexity index is 585. The normalized spacial score (nSPS) is 12.9. The zero-order valence-electron chi connectivity index (χ0n) is 11.1. The SMILES string of the molecule is Cc1[nH]nc(C(=O)O)c1S(=O)(=O)N(C)CC(C)(C)O. The number of carbonyl (C=O) groups is 1. The first-order chi connectivity index (χ1) is 8.47. The third kappa shape index (κ3) is 3.31. The summed E-state index contributed by atoms with van der Waals surface area (Å²) in [4.78, 5) is 10.6. The van der Waals surface area contributed by atoms with Crippen LogP contribution in [0.5, 0.6) is 0 Å². The molecule has 0 spiro atoms. The summed E-state index contributed by atoms with van der Waals surface area (Å²) in [5.41, 5.74) is -1.65. The van der Waals surface area contributed by atoms with Crippen LogP contribution >= 0.6 is 0 Å². The molecule has 9 heteroatoms. The van der Waals surface area contributed by atoms with Crippen LogP contribution in [0.1, 0.15) is 30.0 Å². The predicted molar refractivity (Wildman–Crippen MR) is 66.4 cm³/mol. The van der Waals surface area contributed by atoms with Crippen LogP contribution in [0.15, 0.2) is 4.90 Å². The van der Waals surface area contributed by atoms with E-state index in [1.807, 2.05) is 0 Å². The second-order valence-electron chi connectivity index (χ2n) is 4.91. The van der Waals surface area contributed by atoms with Crippen molar-refractivity contribution in [1.82, 2.24) is 14.5 Å². The number of carboxylic acid groups (broad SMARTS) is 1. The third-order valence-electron chi connectivity index (χ3n) is 2.37. The number of aliphatic hydroxyl groups is 1. The van der Waals surface area contributed by atoms with E-state index in [-0.39, 0.29) is 17.1 Å². The quantitative estimate of drug-likeness (QED) is 0.690. The van der Waals surface area contributed by atoms with Crippen molar-refractivity contribution < 1.29 is 23.4 Å². The molecule has 1 heterocycles. The fourth-order valence-corrected chi connectivity index (χ4v) is 3.27. The number of nitrogens with one attached hydrogen (secondary N) is 1. The van der Waals surface area contributed by atoms with Crippen LogP contribution in [-0.4, -0.2) is 58.3 Å². The monoisotopic (exact) mass is 291 g/mol. The fourth-order valence-electron chi connectivity index (χ4n) is 1.67. The van der Waals surface area contributed by atoms with Gasteiger partial charge < -0.3 is 10.2 Å². The van der Waals surface area contributed by atoms with Gasteiger partial charge in [-0.05, 0) is 20.8 Å². The molecule has 1 aromatic rings. The Morgan fingerprint density at radius 2 is 2.00 bits per heavy atom. The van der Waals surface area contributed by atoms with Crippen molar-refractivity contribution in [3.05, 3.63) is 11.4 Å². The summed E-state index contributed by atoms with van der Waals surface area (Å²) in [5.74, 6) is -1.43. The molecule has 0 radical (unpaired) electrons. The summed E-state index contributed by atoms with van der Waals surface area (Å²) in [5, 5.41) is 24.4. The highest BCUT2D eigenvalue weighted by Gasteiger charge is 2.33. The van der Waals surface area contributed by atoms with Crippen LogP contribution < -0.4 is 0 Å². The van der Waals surface area contributed by atoms with E-state index in [1.165, 1.54) is 27.8 Å². The lowest BCUT2D eigenvalue weighted by atomic mass is 10.1. The zero-order valence-corrected chi connectivity index (χ0v) is 11.9. The molecular weight excluding hydrogens is 274 g/mol. The van der Waals surface area contributed by atoms with Crippen LogP contribution in [0.3, 0.4) is 0 Å². The molecule has 0 bridgehead atoms. The van der Waals surface area contributed by atoms with Crippen molar-refractivity contribution in [2.45, 2.75) is 31.3 Å². The average Bonchev–Trinajstić information content (AvgIpc) is 2.57. The number of aromatic carboxylic acids is 1. The molecule has 0 amide bonds. The number of carboxylic acids is 1. The van der Waals surface area contributed by atoms with Crippen molar-refractivity contribution in [3.63, 3.8) is 0 Å². The van der Waals surface area contributed by atoms with Crippen LogP contribution in [-0.2, 0) is 10.0 Å². The summed E-state index contributed by atoms with van der Waals surface area (Å²) in [6, 6.07) is 0. The Morgan fingerprint density at radius 1 is 1.47 bits per heavy atom. The predicted octanol–water partition coefficient (Wildman–Crippen LogP) is -0.192. The molecule has 8 nitrogen and oxygen atoms in total. The molecule has 1 rings (SSSR count). The van der Waals surface area contributed by atoms with Crippen LogP contribution in [0, 0.1) is 6.92 Å². The lowest BCUT2D eigenvalue weighted by Crippen LogP contribution is -2.40. The van der Waals surface area contributed by atoms with Crippen molar-refractivity contribution in [2.24, 2.45) is 0 Å². The van der Waals surface area contributed by atoms with Crippen molar-refractivity contribution in [2.75, 3.05) is 13.6 Å². The third-order valence-corrected chi connectivity index (χ3v) is 4.34. The highest BCUT2D eigenvalue weighted by Crippen LogP contribution is 2.22. The van der Waals surface area contributed by atoms with E-state index in [2.05, 4.69) is 10.2 Å². The molecule has 0 aromatic carbocycles. The van der Waals surface area contributed by atoms with Gasteiger partial charge in [0.05, 0.1) is 11.3 Å². The smallest absolute Gasteiger partial charge is 0.357 e. The minimum absolute atomic E-state index is 0.139. The van der Waals surface area contributed by atoms with Crippen LogP contribution in [0.25, 0.3) is 0 Å². The Balaban J connectivity index is 3.28. The van der Waals surface area contributed by atoms with Gasteiger partial charge in [0.2, 0.25) is 10.0 Å². The number of likely N-dealkylation sites (N-methyl/N-ethyl adjacent to an activating group) is 1. The maximum Gasteiger partial charge on any atom is 0.357 e. The average molecular weight is 291 g/mol. The molecule has 0 unspecified atom stereocenters. The minimum atomic E-state index is -4.04. The van der Waals surface area contributed by atoms with Crippen molar-refractivity contribution in [1.29, 1.82) is 0 Å². The van der Waals surface area contributed by atoms with Gasteiger partial charge in [-0.2, -0.15) is 9.40 Å². The van der Waals surface area contributed by atoms with Gasteiger partial charge >= 0.3 is 5.97 Å². The standard InChI is InChI=1S/C10H17N3O5S/c1-6-8(7(9(14)15)12-11-6)19(17,18)13(4)5-10(2,3)16/h16H,5H2,1-4H3,(H,11,12)(H,14,15). The maximum absolute atomic E-state index is 12.3. The van der Waals surface area contributed by atoms with E-state index < -0.39 is 27.3 Å². The molecule has 3 N–H and O–H groups in total. The Labute approximate surface area is 111 Å². The first kappa shape index (κ1) is 15.6. The highest BCUT2D eigenvalue weighted by molar-refractivity contribution is 7.89. The first-order valence-corrected chi connectivity index (χ1v) is 6.88. The van der Waals surface area contributed by atoms with Gasteiger partial charge in [0.25, 0.3) is 0 Å². The van der Waals surface area contributed by atoms with Gasteiger partial charge in [0, 0.05) is 13.6 Å². The molecule has 0 aliphatic carbocycles. The largest absolute Gasteiger partial charge is 0.476 e. The summed E-state index contributed by atoms with van der Waals surface area (Å²) in [7, 11) is -2.77. The molecule has 19 heavy (non-hydrogen) atoms. The van der Waals surface area contributed by atoms with Gasteiger partial charge in [0.15, 0.2) is 5.69 Å². The van der Waals surface area contributed by atoms with Crippen molar-refractivity contribution in [3.8, 4) is 0 Å². The number of hydrogen-bond donors (Lipinski definition) is 3. The first-order valence-electron chi connectivity index (χ1n) is 5.44. The lowest BCUT2D eigenvalue weighted by Gasteiger charge is -2.25. The van der Waals surface area contributed by atoms with Gasteiger partial charge in [-0.25, -0.2) is 13.2 Å². The number of aryl methyl sites for hydroxylation is 1. The van der Waals surface area contributed by atoms with E-state index >= 15 is 0 Å². The molecule has 0 aliphatic heterocycles. The van der Waals surface area contributed by atoms with Crippen molar-refractivity contribution >= 4 is 16.0 Å². The number of aromatic nitrogens is 2. The summed E-state index contributed by atoms with van der Waals surface area (Å²) >= 11 is 0. The van der Waals surface area contributed by atoms with E-state index in [1.54, 1.807) is 0 Å². The minimum Gasteiger partial charge on any atom is -0.476 e. The van der Waals surface area contributed by atoms with Crippen LogP contribution in [0.2, 0.25) is 0 Å². The molecule has 0 atom stereocenters. The summed E-state index contributed by atoms with van der Waals surface area (Å²) in [6.45, 7) is 4.17. The highest BCUT2D eigenvalue weighted by atomic mass is 32.2. The molecule has 0 aliphatic rings. The topological polar surface area (TPSA) is 124 Å². The summed E-state index contributed by atoms with van der Waals surface area (Å²) in [6.07, 6.45) is 0. The van der Waals surface area contributed by atoms with E-state index in [9.17, 15) is 18.3 Å².